The van der Waals surface area contributed by atoms with Crippen molar-refractivity contribution in [2.45, 2.75) is 25.9 Å². The van der Waals surface area contributed by atoms with E-state index in [9.17, 15) is 0 Å². The van der Waals surface area contributed by atoms with Gasteiger partial charge >= 0.3 is 0 Å². The Labute approximate surface area is 169 Å². The lowest BCUT2D eigenvalue weighted by atomic mass is 9.87. The maximum Gasteiger partial charge on any atom is 0.114 e. The normalized spacial score (nSPS) is 20.0. The Bertz CT molecular complexity index is 835. The number of methoxy groups -OCH3 is 2. The van der Waals surface area contributed by atoms with Gasteiger partial charge in [0.2, 0.25) is 0 Å². The first-order valence-corrected chi connectivity index (χ1v) is 13.1. The van der Waals surface area contributed by atoms with E-state index >= 15 is 0 Å². The Morgan fingerprint density at radius 2 is 1.11 bits per heavy atom. The summed E-state index contributed by atoms with van der Waals surface area (Å²) in [5, 5.41) is 3.21. The number of ether oxygens (including phenoxy) is 2. The van der Waals surface area contributed by atoms with Gasteiger partial charge in [-0.2, -0.15) is 0 Å². The summed E-state index contributed by atoms with van der Waals surface area (Å²) in [6, 6.07) is 22.0. The molecule has 2 aromatic carbocycles. The Balaban J connectivity index is 1.92. The van der Waals surface area contributed by atoms with Crippen LogP contribution in [0.4, 0.5) is 0 Å². The zero-order chi connectivity index (χ0) is 19.8. The number of fused-ring (bicyclic) bond motifs is 1. The van der Waals surface area contributed by atoms with E-state index < -0.39 is 8.07 Å². The lowest BCUT2D eigenvalue weighted by molar-refractivity contribution is 0.0190. The van der Waals surface area contributed by atoms with Crippen molar-refractivity contribution < 1.29 is 9.47 Å². The first-order valence-electron chi connectivity index (χ1n) is 10.1. The van der Waals surface area contributed by atoms with E-state index in [0.717, 1.165) is 26.1 Å². The average molecular weight is 391 g/mol. The topological polar surface area (TPSA) is 18.5 Å². The number of allylic oxidation sites excluding steroid dienone is 2. The second kappa shape index (κ2) is 7.47. The molecule has 0 unspecified atom stereocenters. The Morgan fingerprint density at radius 3 is 1.46 bits per heavy atom. The largest absolute Gasteiger partial charge is 0.384 e. The molecule has 0 radical (unpaired) electrons. The Hall–Kier alpha value is -1.94. The highest BCUT2D eigenvalue weighted by atomic mass is 28.3. The predicted octanol–water partition coefficient (Wildman–Crippen LogP) is 5.77. The van der Waals surface area contributed by atoms with E-state index in [1.807, 2.05) is 14.2 Å². The summed E-state index contributed by atoms with van der Waals surface area (Å²) in [5.74, 6) is 0. The highest BCUT2D eigenvalue weighted by molar-refractivity contribution is 7.10. The van der Waals surface area contributed by atoms with Gasteiger partial charge in [0, 0.05) is 19.6 Å². The van der Waals surface area contributed by atoms with Gasteiger partial charge in [-0.15, -0.1) is 0 Å². The van der Waals surface area contributed by atoms with Crippen LogP contribution in [-0.4, -0.2) is 35.5 Å². The van der Waals surface area contributed by atoms with Crippen molar-refractivity contribution in [1.82, 2.24) is 0 Å². The lowest BCUT2D eigenvalue weighted by Gasteiger charge is -2.31. The summed E-state index contributed by atoms with van der Waals surface area (Å²) < 4.78 is 11.3. The number of rotatable bonds is 6. The van der Waals surface area contributed by atoms with E-state index in [1.54, 1.807) is 21.5 Å². The van der Waals surface area contributed by atoms with Gasteiger partial charge in [0.25, 0.3) is 0 Å². The quantitative estimate of drug-likeness (QED) is 0.583. The fourth-order valence-corrected chi connectivity index (χ4v) is 9.54. The van der Waals surface area contributed by atoms with Crippen LogP contribution in [0, 0.1) is 5.41 Å². The van der Waals surface area contributed by atoms with Crippen LogP contribution in [0.5, 0.6) is 0 Å². The number of hydrogen-bond acceptors (Lipinski definition) is 2. The van der Waals surface area contributed by atoms with Crippen LogP contribution in [0.3, 0.4) is 0 Å². The molecule has 3 heteroatoms. The second-order valence-corrected chi connectivity index (χ2v) is 13.0. The van der Waals surface area contributed by atoms with Crippen molar-refractivity contribution in [1.29, 1.82) is 0 Å². The summed E-state index contributed by atoms with van der Waals surface area (Å²) in [4.78, 5) is 0. The standard InChI is InChI=1S/C25H30O2Si/c1-26-17-25(18-27-2)15-21-22(16-25)24(20-13-9-6-10-14-20)28(3,4)23(21)19-11-7-5-8-12-19/h5-14H,15-18H2,1-4H3. The molecule has 1 fully saturated rings. The van der Waals surface area contributed by atoms with Crippen molar-refractivity contribution in [2.75, 3.05) is 27.4 Å². The molecule has 0 N–H and O–H groups in total. The van der Waals surface area contributed by atoms with Gasteiger partial charge in [0.05, 0.1) is 13.2 Å². The summed E-state index contributed by atoms with van der Waals surface area (Å²) in [6.45, 7) is 6.51. The van der Waals surface area contributed by atoms with Crippen molar-refractivity contribution in [3.63, 3.8) is 0 Å². The average Bonchev–Trinajstić information content (AvgIpc) is 3.11. The highest BCUT2D eigenvalue weighted by Crippen LogP contribution is 2.59. The molecule has 2 aromatic rings. The van der Waals surface area contributed by atoms with Crippen molar-refractivity contribution in [2.24, 2.45) is 5.41 Å². The zero-order valence-corrected chi connectivity index (χ0v) is 18.4. The summed E-state index contributed by atoms with van der Waals surface area (Å²) in [6.07, 6.45) is 2.09. The summed E-state index contributed by atoms with van der Waals surface area (Å²) in [7, 11) is 1.81. The van der Waals surface area contributed by atoms with Crippen LogP contribution < -0.4 is 0 Å². The first kappa shape index (κ1) is 19.4. The summed E-state index contributed by atoms with van der Waals surface area (Å²) >= 11 is 0. The maximum atomic E-state index is 5.67. The van der Waals surface area contributed by atoms with E-state index in [4.69, 9.17) is 9.47 Å². The van der Waals surface area contributed by atoms with E-state index in [0.29, 0.717) is 0 Å². The van der Waals surface area contributed by atoms with Crippen LogP contribution in [0.1, 0.15) is 24.0 Å². The molecule has 1 aliphatic heterocycles. The first-order chi connectivity index (χ1) is 13.5. The van der Waals surface area contributed by atoms with Gasteiger partial charge < -0.3 is 9.47 Å². The molecule has 0 aromatic heterocycles. The third-order valence-corrected chi connectivity index (χ3v) is 10.0. The maximum absolute atomic E-state index is 5.67. The molecule has 0 bridgehead atoms. The molecule has 1 aliphatic carbocycles. The molecule has 28 heavy (non-hydrogen) atoms. The molecule has 2 nitrogen and oxygen atoms in total. The predicted molar refractivity (Wildman–Crippen MR) is 120 cm³/mol. The molecule has 0 saturated heterocycles. The third-order valence-electron chi connectivity index (χ3n) is 6.35. The van der Waals surface area contributed by atoms with Gasteiger partial charge in [-0.3, -0.25) is 0 Å². The van der Waals surface area contributed by atoms with Crippen molar-refractivity contribution >= 4 is 18.5 Å². The van der Waals surface area contributed by atoms with E-state index in [1.165, 1.54) is 11.1 Å². The third kappa shape index (κ3) is 3.12. The Kier molecular flexibility index (Phi) is 5.17. The highest BCUT2D eigenvalue weighted by Gasteiger charge is 2.50. The smallest absolute Gasteiger partial charge is 0.114 e. The van der Waals surface area contributed by atoms with Crippen LogP contribution in [-0.2, 0) is 9.47 Å². The van der Waals surface area contributed by atoms with E-state index in [-0.39, 0.29) is 5.41 Å². The van der Waals surface area contributed by atoms with E-state index in [2.05, 4.69) is 73.8 Å². The lowest BCUT2D eigenvalue weighted by Crippen LogP contribution is -2.32. The number of hydrogen-bond donors (Lipinski definition) is 0. The minimum Gasteiger partial charge on any atom is -0.384 e. The minimum absolute atomic E-state index is 0.0408. The number of benzene rings is 2. The van der Waals surface area contributed by atoms with Gasteiger partial charge in [-0.25, -0.2) is 0 Å². The fraction of sp³-hybridized carbons (Fsp3) is 0.360. The molecule has 1 heterocycles. The molecule has 0 spiro atoms. The van der Waals surface area contributed by atoms with Gasteiger partial charge in [-0.05, 0) is 45.5 Å². The van der Waals surface area contributed by atoms with Crippen LogP contribution in [0.15, 0.2) is 71.8 Å². The van der Waals surface area contributed by atoms with Gasteiger partial charge in [0.15, 0.2) is 0 Å². The summed E-state index contributed by atoms with van der Waals surface area (Å²) in [5.41, 5.74) is 5.96. The fourth-order valence-electron chi connectivity index (χ4n) is 5.52. The SMILES string of the molecule is COCC1(COC)CC2=C(c3ccccc3)[Si](C)(C)C(c3ccccc3)=C2C1. The zero-order valence-electron chi connectivity index (χ0n) is 17.4. The molecule has 146 valence electrons. The van der Waals surface area contributed by atoms with Gasteiger partial charge in [-0.1, -0.05) is 73.8 Å². The molecule has 0 amide bonds. The molecular formula is C25H30O2Si. The Morgan fingerprint density at radius 1 is 0.714 bits per heavy atom. The van der Waals surface area contributed by atoms with Crippen LogP contribution in [0.2, 0.25) is 13.1 Å². The van der Waals surface area contributed by atoms with Crippen molar-refractivity contribution in [3.8, 4) is 0 Å². The minimum atomic E-state index is -1.81. The molecule has 2 aliphatic rings. The molecule has 0 atom stereocenters. The molecule has 4 rings (SSSR count). The molecular weight excluding hydrogens is 360 g/mol. The monoisotopic (exact) mass is 390 g/mol. The van der Waals surface area contributed by atoms with Crippen LogP contribution in [0.25, 0.3) is 10.4 Å². The molecule has 1 saturated carbocycles. The second-order valence-electron chi connectivity index (χ2n) is 8.78. The van der Waals surface area contributed by atoms with Crippen molar-refractivity contribution in [3.05, 3.63) is 82.9 Å². The van der Waals surface area contributed by atoms with Crippen LogP contribution >= 0.6 is 0 Å². The van der Waals surface area contributed by atoms with Gasteiger partial charge in [0.1, 0.15) is 8.07 Å².